The molecule has 28 heavy (non-hydrogen) atoms. The second-order valence-corrected chi connectivity index (χ2v) is 7.14. The molecule has 0 unspecified atom stereocenters. The molecule has 2 aromatic rings. The second kappa shape index (κ2) is 8.84. The molecular weight excluding hydrogens is 356 g/mol. The molecule has 7 nitrogen and oxygen atoms in total. The van der Waals surface area contributed by atoms with Crippen molar-refractivity contribution in [1.29, 1.82) is 0 Å². The van der Waals surface area contributed by atoms with Crippen LogP contribution in [0.1, 0.15) is 23.6 Å². The number of hydrogen-bond acceptors (Lipinski definition) is 5. The van der Waals surface area contributed by atoms with Crippen LogP contribution in [0.25, 0.3) is 0 Å². The first kappa shape index (κ1) is 19.8. The summed E-state index contributed by atoms with van der Waals surface area (Å²) in [4.78, 5) is 31.6. The number of nitrogens with one attached hydrogen (secondary N) is 1. The van der Waals surface area contributed by atoms with E-state index >= 15 is 0 Å². The monoisotopic (exact) mass is 382 g/mol. The molecule has 3 rings (SSSR count). The molecule has 0 aliphatic carbocycles. The van der Waals surface area contributed by atoms with Crippen LogP contribution in [-0.4, -0.2) is 53.0 Å². The summed E-state index contributed by atoms with van der Waals surface area (Å²) >= 11 is 0. The minimum Gasteiger partial charge on any atom is -0.408 e. The Morgan fingerprint density at radius 3 is 2.50 bits per heavy atom. The van der Waals surface area contributed by atoms with Gasteiger partial charge in [0.15, 0.2) is 5.75 Å². The molecule has 1 aromatic carbocycles. The lowest BCUT2D eigenvalue weighted by atomic mass is 10.1. The molecule has 2 amide bonds. The number of carbonyl (C=O) groups excluding carboxylic acids is 2. The van der Waals surface area contributed by atoms with E-state index in [1.54, 1.807) is 11.0 Å². The molecule has 1 aliphatic rings. The number of ether oxygens (including phenoxy) is 1. The Kier molecular flexibility index (Phi) is 6.26. The highest BCUT2D eigenvalue weighted by molar-refractivity contribution is 5.88. The number of rotatable bonds is 4. The maximum Gasteiger partial charge on any atom is 0.415 e. The van der Waals surface area contributed by atoms with Crippen molar-refractivity contribution in [2.75, 3.05) is 31.5 Å². The highest BCUT2D eigenvalue weighted by Crippen LogP contribution is 2.17. The molecule has 0 saturated carbocycles. The van der Waals surface area contributed by atoms with Crippen LogP contribution in [-0.2, 0) is 11.3 Å². The normalized spacial score (nSPS) is 14.6. The number of anilines is 1. The molecule has 2 heterocycles. The van der Waals surface area contributed by atoms with Crippen LogP contribution in [0, 0.1) is 13.8 Å². The number of carbonyl (C=O) groups is 2. The Bertz CT molecular complexity index is 860. The molecule has 1 saturated heterocycles. The number of aryl methyl sites for hydroxylation is 2. The quantitative estimate of drug-likeness (QED) is 0.880. The molecule has 0 spiro atoms. The van der Waals surface area contributed by atoms with E-state index in [1.165, 1.54) is 36.0 Å². The fourth-order valence-corrected chi connectivity index (χ4v) is 3.16. The number of benzene rings is 1. The average molecular weight is 382 g/mol. The van der Waals surface area contributed by atoms with Crippen molar-refractivity contribution < 1.29 is 14.3 Å². The maximum atomic E-state index is 12.4. The van der Waals surface area contributed by atoms with Crippen LogP contribution < -0.4 is 10.1 Å². The van der Waals surface area contributed by atoms with Gasteiger partial charge in [0.25, 0.3) is 0 Å². The first-order valence-electron chi connectivity index (χ1n) is 9.38. The minimum atomic E-state index is -0.396. The van der Waals surface area contributed by atoms with Crippen LogP contribution in [0.5, 0.6) is 5.75 Å². The van der Waals surface area contributed by atoms with Crippen molar-refractivity contribution in [3.05, 3.63) is 53.3 Å². The number of pyridine rings is 1. The summed E-state index contributed by atoms with van der Waals surface area (Å²) < 4.78 is 5.41. The average Bonchev–Trinajstić information content (AvgIpc) is 2.65. The maximum absolute atomic E-state index is 12.4. The van der Waals surface area contributed by atoms with Gasteiger partial charge in [0, 0.05) is 45.7 Å². The zero-order chi connectivity index (χ0) is 20.1. The van der Waals surface area contributed by atoms with Gasteiger partial charge in [0.2, 0.25) is 5.91 Å². The van der Waals surface area contributed by atoms with Crippen molar-refractivity contribution in [2.45, 2.75) is 27.3 Å². The van der Waals surface area contributed by atoms with Gasteiger partial charge in [0.05, 0.1) is 18.1 Å². The summed E-state index contributed by atoms with van der Waals surface area (Å²) in [5.74, 6) is 0.110. The SMILES string of the molecule is CC(=O)Nc1cncc(OC(=O)N2CCN(Cc3ccc(C)c(C)c3)CC2)c1. The lowest BCUT2D eigenvalue weighted by Gasteiger charge is -2.34. The number of nitrogens with zero attached hydrogens (tertiary/aromatic N) is 3. The zero-order valence-electron chi connectivity index (χ0n) is 16.6. The zero-order valence-corrected chi connectivity index (χ0v) is 16.6. The first-order valence-corrected chi connectivity index (χ1v) is 9.38. The van der Waals surface area contributed by atoms with Crippen LogP contribution in [0.15, 0.2) is 36.7 Å². The van der Waals surface area contributed by atoms with E-state index in [-0.39, 0.29) is 5.91 Å². The van der Waals surface area contributed by atoms with Crippen LogP contribution in [0.2, 0.25) is 0 Å². The third-order valence-electron chi connectivity index (χ3n) is 4.85. The van der Waals surface area contributed by atoms with Crippen molar-refractivity contribution in [1.82, 2.24) is 14.8 Å². The lowest BCUT2D eigenvalue weighted by molar-refractivity contribution is -0.114. The summed E-state index contributed by atoms with van der Waals surface area (Å²) in [6, 6.07) is 8.13. The Balaban J connectivity index is 1.51. The molecule has 0 bridgehead atoms. The Hall–Kier alpha value is -2.93. The minimum absolute atomic E-state index is 0.204. The van der Waals surface area contributed by atoms with Gasteiger partial charge in [-0.2, -0.15) is 0 Å². The van der Waals surface area contributed by atoms with Gasteiger partial charge in [-0.15, -0.1) is 0 Å². The first-order chi connectivity index (χ1) is 13.4. The van der Waals surface area contributed by atoms with E-state index in [0.29, 0.717) is 24.5 Å². The Morgan fingerprint density at radius 1 is 1.07 bits per heavy atom. The number of aromatic nitrogens is 1. The lowest BCUT2D eigenvalue weighted by Crippen LogP contribution is -2.49. The summed E-state index contributed by atoms with van der Waals surface area (Å²) in [6.45, 7) is 9.36. The van der Waals surface area contributed by atoms with E-state index in [4.69, 9.17) is 4.74 Å². The van der Waals surface area contributed by atoms with Gasteiger partial charge in [-0.05, 0) is 30.5 Å². The molecular formula is C21H26N4O3. The third kappa shape index (κ3) is 5.29. The van der Waals surface area contributed by atoms with Crippen LogP contribution >= 0.6 is 0 Å². The highest BCUT2D eigenvalue weighted by Gasteiger charge is 2.23. The molecule has 7 heteroatoms. The molecule has 0 atom stereocenters. The fraction of sp³-hybridized carbons (Fsp3) is 0.381. The van der Waals surface area contributed by atoms with Gasteiger partial charge in [0.1, 0.15) is 0 Å². The van der Waals surface area contributed by atoms with E-state index in [2.05, 4.69) is 47.2 Å². The molecule has 148 valence electrons. The number of hydrogen-bond donors (Lipinski definition) is 1. The third-order valence-corrected chi connectivity index (χ3v) is 4.85. The van der Waals surface area contributed by atoms with Crippen molar-refractivity contribution in [3.8, 4) is 5.75 Å². The molecule has 0 radical (unpaired) electrons. The van der Waals surface area contributed by atoms with Crippen molar-refractivity contribution in [3.63, 3.8) is 0 Å². The van der Waals surface area contributed by atoms with Gasteiger partial charge in [-0.3, -0.25) is 14.7 Å². The molecule has 1 aromatic heterocycles. The predicted molar refractivity (Wildman–Crippen MR) is 107 cm³/mol. The predicted octanol–water partition coefficient (Wildman–Crippen LogP) is 2.97. The van der Waals surface area contributed by atoms with Gasteiger partial charge in [-0.25, -0.2) is 4.79 Å². The van der Waals surface area contributed by atoms with Gasteiger partial charge in [-0.1, -0.05) is 18.2 Å². The second-order valence-electron chi connectivity index (χ2n) is 7.14. The number of amides is 2. The van der Waals surface area contributed by atoms with Crippen LogP contribution in [0.4, 0.5) is 10.5 Å². The summed E-state index contributed by atoms with van der Waals surface area (Å²) in [7, 11) is 0. The van der Waals surface area contributed by atoms with Crippen molar-refractivity contribution in [2.24, 2.45) is 0 Å². The smallest absolute Gasteiger partial charge is 0.408 e. The summed E-state index contributed by atoms with van der Waals surface area (Å²) in [5.41, 5.74) is 4.39. The fourth-order valence-electron chi connectivity index (χ4n) is 3.16. The van der Waals surface area contributed by atoms with E-state index in [1.807, 2.05) is 0 Å². The van der Waals surface area contributed by atoms with E-state index < -0.39 is 6.09 Å². The summed E-state index contributed by atoms with van der Waals surface area (Å²) in [6.07, 6.45) is 2.57. The molecule has 1 fully saturated rings. The Morgan fingerprint density at radius 2 is 1.82 bits per heavy atom. The Labute approximate surface area is 165 Å². The molecule has 1 aliphatic heterocycles. The van der Waals surface area contributed by atoms with Gasteiger partial charge >= 0.3 is 6.09 Å². The molecule has 1 N–H and O–H groups in total. The van der Waals surface area contributed by atoms with Crippen molar-refractivity contribution >= 4 is 17.7 Å². The van der Waals surface area contributed by atoms with E-state index in [9.17, 15) is 9.59 Å². The van der Waals surface area contributed by atoms with E-state index in [0.717, 1.165) is 19.6 Å². The standard InChI is InChI=1S/C21H26N4O3/c1-15-4-5-18(10-16(15)2)14-24-6-8-25(9-7-24)21(27)28-20-11-19(12-22-13-20)23-17(3)26/h4-5,10-13H,6-9,14H2,1-3H3,(H,23,26). The summed E-state index contributed by atoms with van der Waals surface area (Å²) in [5, 5.41) is 2.62. The largest absolute Gasteiger partial charge is 0.415 e. The van der Waals surface area contributed by atoms with Crippen LogP contribution in [0.3, 0.4) is 0 Å². The highest BCUT2D eigenvalue weighted by atomic mass is 16.6. The number of piperazine rings is 1. The topological polar surface area (TPSA) is 74.8 Å². The van der Waals surface area contributed by atoms with Gasteiger partial charge < -0.3 is 15.0 Å².